The summed E-state index contributed by atoms with van der Waals surface area (Å²) in [6.07, 6.45) is 1.43. The van der Waals surface area contributed by atoms with E-state index in [1.807, 2.05) is 6.92 Å². The SMILES string of the molecule is CCOc1ccccc1C(=O)Nc1cccnc1C(N)=O. The molecule has 0 aliphatic carbocycles. The van der Waals surface area contributed by atoms with E-state index in [1.165, 1.54) is 6.20 Å². The zero-order chi connectivity index (χ0) is 15.2. The van der Waals surface area contributed by atoms with Crippen molar-refractivity contribution < 1.29 is 14.3 Å². The lowest BCUT2D eigenvalue weighted by atomic mass is 10.1. The van der Waals surface area contributed by atoms with Crippen molar-refractivity contribution in [1.82, 2.24) is 4.98 Å². The number of ether oxygens (including phenoxy) is 1. The van der Waals surface area contributed by atoms with E-state index in [0.717, 1.165) is 0 Å². The lowest BCUT2D eigenvalue weighted by molar-refractivity contribution is 0.0996. The maximum atomic E-state index is 12.3. The van der Waals surface area contributed by atoms with Crippen LogP contribution < -0.4 is 15.8 Å². The summed E-state index contributed by atoms with van der Waals surface area (Å²) in [5.74, 6) is -0.624. The first-order valence-corrected chi connectivity index (χ1v) is 6.41. The van der Waals surface area contributed by atoms with E-state index < -0.39 is 11.8 Å². The number of pyridine rings is 1. The average molecular weight is 285 g/mol. The molecule has 0 saturated carbocycles. The van der Waals surface area contributed by atoms with Crippen LogP contribution in [0.3, 0.4) is 0 Å². The molecule has 0 aliphatic heterocycles. The van der Waals surface area contributed by atoms with Crippen LogP contribution in [0.15, 0.2) is 42.6 Å². The molecule has 0 atom stereocenters. The molecule has 0 saturated heterocycles. The highest BCUT2D eigenvalue weighted by atomic mass is 16.5. The molecule has 1 aromatic carbocycles. The number of nitrogens with zero attached hydrogens (tertiary/aromatic N) is 1. The Morgan fingerprint density at radius 2 is 2.00 bits per heavy atom. The number of hydrogen-bond donors (Lipinski definition) is 2. The molecule has 0 unspecified atom stereocenters. The molecular weight excluding hydrogens is 270 g/mol. The van der Waals surface area contributed by atoms with Gasteiger partial charge in [-0.25, -0.2) is 4.98 Å². The first-order chi connectivity index (χ1) is 10.1. The molecule has 0 spiro atoms. The first kappa shape index (κ1) is 14.5. The lowest BCUT2D eigenvalue weighted by Crippen LogP contribution is -2.20. The van der Waals surface area contributed by atoms with Crippen molar-refractivity contribution >= 4 is 17.5 Å². The standard InChI is InChI=1S/C15H15N3O3/c1-2-21-12-8-4-3-6-10(12)15(20)18-11-7-5-9-17-13(11)14(16)19/h3-9H,2H2,1H3,(H2,16,19)(H,18,20). The fourth-order valence-corrected chi connectivity index (χ4v) is 1.83. The number of nitrogens with one attached hydrogen (secondary N) is 1. The molecule has 2 rings (SSSR count). The number of para-hydroxylation sites is 1. The number of amides is 2. The van der Waals surface area contributed by atoms with E-state index in [1.54, 1.807) is 36.4 Å². The number of benzene rings is 1. The van der Waals surface area contributed by atoms with Crippen LogP contribution in [0.1, 0.15) is 27.8 Å². The van der Waals surface area contributed by atoms with Crippen molar-refractivity contribution in [2.24, 2.45) is 5.73 Å². The number of nitrogens with two attached hydrogens (primary N) is 1. The van der Waals surface area contributed by atoms with Crippen LogP contribution >= 0.6 is 0 Å². The molecular formula is C15H15N3O3. The normalized spacial score (nSPS) is 9.95. The molecule has 0 bridgehead atoms. The van der Waals surface area contributed by atoms with Crippen molar-refractivity contribution in [2.45, 2.75) is 6.92 Å². The van der Waals surface area contributed by atoms with Crippen LogP contribution in [0.2, 0.25) is 0 Å². The molecule has 1 aromatic heterocycles. The maximum Gasteiger partial charge on any atom is 0.269 e. The Morgan fingerprint density at radius 1 is 1.24 bits per heavy atom. The van der Waals surface area contributed by atoms with Gasteiger partial charge in [0, 0.05) is 6.20 Å². The van der Waals surface area contributed by atoms with E-state index in [4.69, 9.17) is 10.5 Å². The number of hydrogen-bond acceptors (Lipinski definition) is 4. The summed E-state index contributed by atoms with van der Waals surface area (Å²) >= 11 is 0. The Hall–Kier alpha value is -2.89. The second kappa shape index (κ2) is 6.51. The third-order valence-electron chi connectivity index (χ3n) is 2.72. The Balaban J connectivity index is 2.29. The van der Waals surface area contributed by atoms with Crippen molar-refractivity contribution in [3.05, 3.63) is 53.9 Å². The van der Waals surface area contributed by atoms with Crippen LogP contribution in [0.4, 0.5) is 5.69 Å². The maximum absolute atomic E-state index is 12.3. The molecule has 6 heteroatoms. The number of aromatic nitrogens is 1. The van der Waals surface area contributed by atoms with E-state index in [2.05, 4.69) is 10.3 Å². The Morgan fingerprint density at radius 3 is 2.71 bits per heavy atom. The number of carbonyl (C=O) groups is 2. The summed E-state index contributed by atoms with van der Waals surface area (Å²) in [7, 11) is 0. The van der Waals surface area contributed by atoms with E-state index >= 15 is 0 Å². The number of primary amides is 1. The fraction of sp³-hybridized carbons (Fsp3) is 0.133. The Bertz CT molecular complexity index is 671. The molecule has 1 heterocycles. The zero-order valence-corrected chi connectivity index (χ0v) is 11.5. The van der Waals surface area contributed by atoms with Gasteiger partial charge < -0.3 is 15.8 Å². The van der Waals surface area contributed by atoms with Gasteiger partial charge in [-0.3, -0.25) is 9.59 Å². The van der Waals surface area contributed by atoms with Gasteiger partial charge in [0.25, 0.3) is 11.8 Å². The third-order valence-corrected chi connectivity index (χ3v) is 2.72. The molecule has 2 amide bonds. The largest absolute Gasteiger partial charge is 0.493 e. The van der Waals surface area contributed by atoms with Gasteiger partial charge >= 0.3 is 0 Å². The number of carbonyl (C=O) groups excluding carboxylic acids is 2. The van der Waals surface area contributed by atoms with Crippen molar-refractivity contribution in [2.75, 3.05) is 11.9 Å². The first-order valence-electron chi connectivity index (χ1n) is 6.41. The van der Waals surface area contributed by atoms with E-state index in [9.17, 15) is 9.59 Å². The highest BCUT2D eigenvalue weighted by molar-refractivity contribution is 6.09. The average Bonchev–Trinajstić information content (AvgIpc) is 2.48. The monoisotopic (exact) mass is 285 g/mol. The van der Waals surface area contributed by atoms with Crippen LogP contribution in [-0.2, 0) is 0 Å². The molecule has 2 aromatic rings. The van der Waals surface area contributed by atoms with Crippen LogP contribution in [-0.4, -0.2) is 23.4 Å². The van der Waals surface area contributed by atoms with Gasteiger partial charge in [-0.2, -0.15) is 0 Å². The second-order valence-corrected chi connectivity index (χ2v) is 4.15. The smallest absolute Gasteiger partial charge is 0.269 e. The summed E-state index contributed by atoms with van der Waals surface area (Å²) in [5, 5.41) is 2.62. The Labute approximate surface area is 121 Å². The fourth-order valence-electron chi connectivity index (χ4n) is 1.83. The number of anilines is 1. The summed E-state index contributed by atoms with van der Waals surface area (Å²) in [4.78, 5) is 27.5. The molecule has 3 N–H and O–H groups in total. The van der Waals surface area contributed by atoms with E-state index in [-0.39, 0.29) is 11.4 Å². The van der Waals surface area contributed by atoms with E-state index in [0.29, 0.717) is 17.9 Å². The molecule has 0 fully saturated rings. The van der Waals surface area contributed by atoms with Gasteiger partial charge in [0.1, 0.15) is 5.75 Å². The highest BCUT2D eigenvalue weighted by Gasteiger charge is 2.16. The van der Waals surface area contributed by atoms with Crippen molar-refractivity contribution in [3.63, 3.8) is 0 Å². The molecule has 108 valence electrons. The summed E-state index contributed by atoms with van der Waals surface area (Å²) in [5.41, 5.74) is 5.88. The van der Waals surface area contributed by atoms with Crippen LogP contribution in [0, 0.1) is 0 Å². The summed E-state index contributed by atoms with van der Waals surface area (Å²) in [6, 6.07) is 10.0. The van der Waals surface area contributed by atoms with Crippen LogP contribution in [0.25, 0.3) is 0 Å². The minimum absolute atomic E-state index is 0.0136. The van der Waals surface area contributed by atoms with Crippen molar-refractivity contribution in [3.8, 4) is 5.75 Å². The van der Waals surface area contributed by atoms with Gasteiger partial charge in [-0.05, 0) is 31.2 Å². The van der Waals surface area contributed by atoms with Gasteiger partial charge in [0.15, 0.2) is 5.69 Å². The minimum atomic E-state index is -0.705. The zero-order valence-electron chi connectivity index (χ0n) is 11.5. The third kappa shape index (κ3) is 3.36. The molecule has 6 nitrogen and oxygen atoms in total. The number of rotatable bonds is 5. The summed E-state index contributed by atoms with van der Waals surface area (Å²) in [6.45, 7) is 2.28. The van der Waals surface area contributed by atoms with Gasteiger partial charge in [0.05, 0.1) is 17.9 Å². The predicted octanol–water partition coefficient (Wildman–Crippen LogP) is 1.83. The van der Waals surface area contributed by atoms with Crippen LogP contribution in [0.5, 0.6) is 5.75 Å². The quantitative estimate of drug-likeness (QED) is 0.876. The summed E-state index contributed by atoms with van der Waals surface area (Å²) < 4.78 is 5.41. The second-order valence-electron chi connectivity index (χ2n) is 4.15. The lowest BCUT2D eigenvalue weighted by Gasteiger charge is -2.11. The minimum Gasteiger partial charge on any atom is -0.493 e. The van der Waals surface area contributed by atoms with Gasteiger partial charge in [0.2, 0.25) is 0 Å². The highest BCUT2D eigenvalue weighted by Crippen LogP contribution is 2.20. The Kier molecular flexibility index (Phi) is 4.50. The van der Waals surface area contributed by atoms with Crippen molar-refractivity contribution in [1.29, 1.82) is 0 Å². The molecule has 21 heavy (non-hydrogen) atoms. The van der Waals surface area contributed by atoms with Gasteiger partial charge in [-0.15, -0.1) is 0 Å². The predicted molar refractivity (Wildman–Crippen MR) is 78.3 cm³/mol. The topological polar surface area (TPSA) is 94.3 Å². The molecule has 0 radical (unpaired) electrons. The molecule has 0 aliphatic rings. The van der Waals surface area contributed by atoms with Gasteiger partial charge in [-0.1, -0.05) is 12.1 Å².